The second kappa shape index (κ2) is 13.1. The Balaban J connectivity index is 0.000000489. The Hall–Kier alpha value is -2.77. The van der Waals surface area contributed by atoms with E-state index in [2.05, 4.69) is 27.7 Å². The van der Waals surface area contributed by atoms with Gasteiger partial charge in [-0.1, -0.05) is 37.1 Å². The standard InChI is InChI=1S/C20H20ClN3O2.C3H6O2.C2H6/c1-23-8-6-13(7-9-23)19-18-5-4-16(21)10-14(18)2-3-15-11-17(24(25)26)12-22-20(15)19;1-2-5-3-4;1-2/h4-5,10-12H,2-3,6-9H2,1H3;3H,2H2,1H3;1-2H3. The van der Waals surface area contributed by atoms with Gasteiger partial charge in [-0.15, -0.1) is 0 Å². The predicted octanol–water partition coefficient (Wildman–Crippen LogP) is 5.47. The maximum absolute atomic E-state index is 11.2. The van der Waals surface area contributed by atoms with E-state index in [9.17, 15) is 14.9 Å². The summed E-state index contributed by atoms with van der Waals surface area (Å²) in [7, 11) is 2.14. The van der Waals surface area contributed by atoms with Gasteiger partial charge in [-0.3, -0.25) is 14.9 Å². The Bertz CT molecular complexity index is 997. The van der Waals surface area contributed by atoms with Gasteiger partial charge in [0.15, 0.2) is 0 Å². The van der Waals surface area contributed by atoms with Gasteiger partial charge in [0.2, 0.25) is 0 Å². The van der Waals surface area contributed by atoms with Crippen molar-refractivity contribution in [2.24, 2.45) is 0 Å². The van der Waals surface area contributed by atoms with Crippen LogP contribution in [0.2, 0.25) is 5.02 Å². The number of ether oxygens (including phenoxy) is 1. The molecular weight excluding hydrogens is 442 g/mol. The Morgan fingerprint density at radius 2 is 1.82 bits per heavy atom. The summed E-state index contributed by atoms with van der Waals surface area (Å²) in [5.74, 6) is 0. The minimum atomic E-state index is -0.370. The summed E-state index contributed by atoms with van der Waals surface area (Å²) >= 11 is 6.23. The molecule has 0 bridgehead atoms. The maximum Gasteiger partial charge on any atom is 0.293 e. The quantitative estimate of drug-likeness (QED) is 0.333. The van der Waals surface area contributed by atoms with Gasteiger partial charge in [0.1, 0.15) is 6.20 Å². The van der Waals surface area contributed by atoms with Crippen molar-refractivity contribution >= 4 is 29.3 Å². The number of carbonyl (C=O) groups is 1. The summed E-state index contributed by atoms with van der Waals surface area (Å²) in [5.41, 5.74) is 6.82. The number of likely N-dealkylation sites (tertiary alicyclic amines) is 1. The second-order valence-corrected chi connectivity index (χ2v) is 8.03. The lowest BCUT2D eigenvalue weighted by molar-refractivity contribution is -0.385. The Labute approximate surface area is 200 Å². The summed E-state index contributed by atoms with van der Waals surface area (Å²) in [6.07, 6.45) is 4.91. The summed E-state index contributed by atoms with van der Waals surface area (Å²) in [4.78, 5) is 26.9. The average Bonchev–Trinajstić information content (AvgIpc) is 2.98. The van der Waals surface area contributed by atoms with Gasteiger partial charge < -0.3 is 9.64 Å². The number of piperidine rings is 1. The molecule has 2 heterocycles. The van der Waals surface area contributed by atoms with Crippen LogP contribution in [0, 0.1) is 10.1 Å². The molecule has 8 heteroatoms. The lowest BCUT2D eigenvalue weighted by Crippen LogP contribution is -2.27. The first kappa shape index (κ1) is 26.5. The SMILES string of the molecule is CC.CCOC=O.CN1CCC(=C2c3ccc(Cl)cc3CCc3cc([N+](=O)[O-])cnc32)CC1. The van der Waals surface area contributed by atoms with E-state index in [1.165, 1.54) is 22.9 Å². The molecule has 178 valence electrons. The first-order valence-corrected chi connectivity index (χ1v) is 11.7. The molecule has 33 heavy (non-hydrogen) atoms. The number of aromatic nitrogens is 1. The van der Waals surface area contributed by atoms with E-state index in [0.717, 1.165) is 60.6 Å². The Morgan fingerprint density at radius 3 is 2.39 bits per heavy atom. The largest absolute Gasteiger partial charge is 0.468 e. The number of fused-ring (bicyclic) bond motifs is 2. The van der Waals surface area contributed by atoms with Crippen LogP contribution in [0.1, 0.15) is 56.0 Å². The number of pyridine rings is 1. The van der Waals surface area contributed by atoms with Gasteiger partial charge >= 0.3 is 0 Å². The number of aryl methyl sites for hydroxylation is 2. The third-order valence-corrected chi connectivity index (χ3v) is 5.81. The number of rotatable bonds is 3. The van der Waals surface area contributed by atoms with Gasteiger partial charge in [-0.2, -0.15) is 0 Å². The van der Waals surface area contributed by atoms with E-state index < -0.39 is 0 Å². The minimum absolute atomic E-state index is 0.0560. The van der Waals surface area contributed by atoms with Crippen LogP contribution in [0.4, 0.5) is 5.69 Å². The van der Waals surface area contributed by atoms with Gasteiger partial charge in [0.25, 0.3) is 12.2 Å². The van der Waals surface area contributed by atoms with Gasteiger partial charge in [-0.05, 0) is 68.5 Å². The molecule has 0 radical (unpaired) electrons. The molecule has 0 saturated carbocycles. The zero-order chi connectivity index (χ0) is 24.4. The van der Waals surface area contributed by atoms with Crippen LogP contribution < -0.4 is 0 Å². The minimum Gasteiger partial charge on any atom is -0.468 e. The highest BCUT2D eigenvalue weighted by Crippen LogP contribution is 2.39. The molecule has 1 aliphatic carbocycles. The number of nitro groups is 1. The topological polar surface area (TPSA) is 85.6 Å². The first-order chi connectivity index (χ1) is 15.9. The highest BCUT2D eigenvalue weighted by Gasteiger charge is 2.26. The van der Waals surface area contributed by atoms with Gasteiger partial charge in [0.05, 0.1) is 17.2 Å². The Kier molecular flexibility index (Phi) is 10.5. The van der Waals surface area contributed by atoms with E-state index in [0.29, 0.717) is 13.1 Å². The molecule has 1 aromatic carbocycles. The molecule has 7 nitrogen and oxygen atoms in total. The normalized spacial score (nSPS) is 14.9. The van der Waals surface area contributed by atoms with E-state index in [1.807, 2.05) is 26.0 Å². The summed E-state index contributed by atoms with van der Waals surface area (Å²) in [5, 5.41) is 11.9. The third kappa shape index (κ3) is 6.85. The average molecular weight is 474 g/mol. The predicted molar refractivity (Wildman–Crippen MR) is 132 cm³/mol. The number of benzene rings is 1. The molecule has 0 amide bonds. The van der Waals surface area contributed by atoms with Crippen molar-refractivity contribution in [1.82, 2.24) is 9.88 Å². The zero-order valence-corrected chi connectivity index (χ0v) is 20.5. The zero-order valence-electron chi connectivity index (χ0n) is 19.8. The van der Waals surface area contributed by atoms with Crippen LogP contribution >= 0.6 is 11.6 Å². The number of carbonyl (C=O) groups excluding carboxylic acids is 1. The highest BCUT2D eigenvalue weighted by molar-refractivity contribution is 6.30. The van der Waals surface area contributed by atoms with Crippen molar-refractivity contribution in [3.05, 3.63) is 73.6 Å². The Morgan fingerprint density at radius 1 is 1.15 bits per heavy atom. The van der Waals surface area contributed by atoms with E-state index >= 15 is 0 Å². The molecule has 0 N–H and O–H groups in total. The molecule has 0 atom stereocenters. The molecule has 1 aliphatic heterocycles. The van der Waals surface area contributed by atoms with Crippen LogP contribution in [0.25, 0.3) is 5.57 Å². The van der Waals surface area contributed by atoms with E-state index in [-0.39, 0.29) is 10.6 Å². The van der Waals surface area contributed by atoms with Crippen molar-refractivity contribution in [2.45, 2.75) is 46.5 Å². The fourth-order valence-electron chi connectivity index (χ4n) is 3.99. The molecular formula is C25H32ClN3O4. The van der Waals surface area contributed by atoms with Crippen molar-refractivity contribution in [3.63, 3.8) is 0 Å². The van der Waals surface area contributed by atoms with Crippen molar-refractivity contribution in [3.8, 4) is 0 Å². The molecule has 2 aromatic rings. The fourth-order valence-corrected chi connectivity index (χ4v) is 4.18. The maximum atomic E-state index is 11.2. The van der Waals surface area contributed by atoms with Crippen LogP contribution in [0.5, 0.6) is 0 Å². The third-order valence-electron chi connectivity index (χ3n) is 5.58. The van der Waals surface area contributed by atoms with Crippen molar-refractivity contribution in [1.29, 1.82) is 0 Å². The van der Waals surface area contributed by atoms with Gasteiger partial charge in [-0.25, -0.2) is 4.98 Å². The summed E-state index contributed by atoms with van der Waals surface area (Å²) in [6.45, 7) is 8.70. The second-order valence-electron chi connectivity index (χ2n) is 7.59. The fraction of sp³-hybridized carbons (Fsp3) is 0.440. The van der Waals surface area contributed by atoms with Crippen LogP contribution in [0.3, 0.4) is 0 Å². The molecule has 1 aromatic heterocycles. The molecule has 1 saturated heterocycles. The highest BCUT2D eigenvalue weighted by atomic mass is 35.5. The van der Waals surface area contributed by atoms with E-state index in [1.54, 1.807) is 13.0 Å². The van der Waals surface area contributed by atoms with Crippen LogP contribution in [-0.2, 0) is 22.4 Å². The van der Waals surface area contributed by atoms with Crippen LogP contribution in [0.15, 0.2) is 36.0 Å². The molecule has 4 rings (SSSR count). The number of halogens is 1. The molecule has 0 unspecified atom stereocenters. The number of hydrogen-bond donors (Lipinski definition) is 0. The summed E-state index contributed by atoms with van der Waals surface area (Å²) in [6, 6.07) is 7.71. The molecule has 2 aliphatic rings. The molecule has 0 spiro atoms. The van der Waals surface area contributed by atoms with Crippen LogP contribution in [-0.4, -0.2) is 48.0 Å². The lowest BCUT2D eigenvalue weighted by atomic mass is 9.88. The van der Waals surface area contributed by atoms with Crippen molar-refractivity contribution < 1.29 is 14.5 Å². The first-order valence-electron chi connectivity index (χ1n) is 11.3. The monoisotopic (exact) mass is 473 g/mol. The smallest absolute Gasteiger partial charge is 0.293 e. The number of hydrogen-bond acceptors (Lipinski definition) is 6. The molecule has 1 fully saturated rings. The van der Waals surface area contributed by atoms with Crippen molar-refractivity contribution in [2.75, 3.05) is 26.7 Å². The van der Waals surface area contributed by atoms with E-state index in [4.69, 9.17) is 11.6 Å². The summed E-state index contributed by atoms with van der Waals surface area (Å²) < 4.78 is 4.15. The van der Waals surface area contributed by atoms with Gasteiger partial charge in [0, 0.05) is 29.8 Å². The lowest BCUT2D eigenvalue weighted by Gasteiger charge is -2.27. The number of nitrogens with zero attached hydrogens (tertiary/aromatic N) is 3.